The van der Waals surface area contributed by atoms with Crippen molar-refractivity contribution in [3.05, 3.63) is 22.5 Å². The van der Waals surface area contributed by atoms with Gasteiger partial charge in [0.25, 0.3) is 0 Å². The summed E-state index contributed by atoms with van der Waals surface area (Å²) in [6.07, 6.45) is -0.389. The van der Waals surface area contributed by atoms with E-state index in [9.17, 15) is 39.3 Å². The van der Waals surface area contributed by atoms with E-state index in [0.29, 0.717) is 0 Å². The number of nitrogens with zero attached hydrogens (tertiary/aromatic N) is 2. The zero-order chi connectivity index (χ0) is 31.6. The number of nitrogens with two attached hydrogens (primary N) is 2. The predicted octanol–water partition coefficient (Wildman–Crippen LogP) is -0.418. The monoisotopic (exact) mass is 589 g/mol. The molecule has 2 fully saturated rings. The first-order valence-corrected chi connectivity index (χ1v) is 13.6. The van der Waals surface area contributed by atoms with Crippen LogP contribution in [0.5, 0.6) is 5.75 Å². The number of anilines is 1. The first-order chi connectivity index (χ1) is 19.4. The molecule has 0 saturated heterocycles. The van der Waals surface area contributed by atoms with Crippen molar-refractivity contribution in [3.63, 3.8) is 0 Å². The highest BCUT2D eigenvalue weighted by molar-refractivity contribution is 6.33. The molecular formula is C28H36FN5O8. The Kier molecular flexibility index (Phi) is 8.04. The Hall–Kier alpha value is -3.75. The van der Waals surface area contributed by atoms with Gasteiger partial charge >= 0.3 is 5.97 Å². The average Bonchev–Trinajstić information content (AvgIpc) is 2.86. The lowest BCUT2D eigenvalue weighted by Gasteiger charge is -2.53. The molecule has 0 heterocycles. The average molecular weight is 590 g/mol. The zero-order valence-corrected chi connectivity index (χ0v) is 23.8. The number of benzene rings is 1. The van der Waals surface area contributed by atoms with Crippen molar-refractivity contribution < 1.29 is 43.7 Å². The zero-order valence-electron chi connectivity index (χ0n) is 23.8. The van der Waals surface area contributed by atoms with E-state index in [2.05, 4.69) is 0 Å². The van der Waals surface area contributed by atoms with Gasteiger partial charge in [0.15, 0.2) is 23.0 Å². The van der Waals surface area contributed by atoms with Gasteiger partial charge in [-0.15, -0.1) is 0 Å². The SMILES string of the molecule is CC(C)CN(CC(=O)O)Cc1c(N)c(O)c2c(c1F)CC1CC3C(N(C)C)C(=O)C(C(N)=O)C(=N)C3(O)C(=O)C1C2=O. The van der Waals surface area contributed by atoms with Crippen LogP contribution in [-0.2, 0) is 32.1 Å². The number of Topliss-reactive ketones (excluding diaryl/α,β-unsaturated/α-hetero) is 3. The number of phenols is 1. The number of carboxylic acid groups (broad SMARTS) is 1. The number of carboxylic acids is 1. The van der Waals surface area contributed by atoms with E-state index in [-0.39, 0.29) is 43.0 Å². The van der Waals surface area contributed by atoms with Gasteiger partial charge in [-0.25, -0.2) is 4.39 Å². The van der Waals surface area contributed by atoms with E-state index in [1.807, 2.05) is 13.8 Å². The van der Waals surface area contributed by atoms with Gasteiger partial charge < -0.3 is 32.2 Å². The van der Waals surface area contributed by atoms with E-state index in [1.165, 1.54) is 23.9 Å². The molecule has 3 aliphatic rings. The van der Waals surface area contributed by atoms with Crippen molar-refractivity contribution >= 4 is 40.6 Å². The molecule has 0 bridgehead atoms. The molecular weight excluding hydrogens is 553 g/mol. The van der Waals surface area contributed by atoms with Crippen molar-refractivity contribution in [2.75, 3.05) is 32.9 Å². The molecule has 0 aromatic heterocycles. The van der Waals surface area contributed by atoms with Crippen LogP contribution in [0.2, 0.25) is 0 Å². The number of phenolic OH excluding ortho intramolecular Hbond substituents is 1. The van der Waals surface area contributed by atoms with Crippen molar-refractivity contribution in [2.24, 2.45) is 35.3 Å². The number of fused-ring (bicyclic) bond motifs is 3. The number of hydrogen-bond acceptors (Lipinski definition) is 11. The summed E-state index contributed by atoms with van der Waals surface area (Å²) in [7, 11) is 3.00. The lowest BCUT2D eigenvalue weighted by Crippen LogP contribution is -2.73. The molecule has 6 unspecified atom stereocenters. The van der Waals surface area contributed by atoms with Gasteiger partial charge in [-0.05, 0) is 38.8 Å². The highest BCUT2D eigenvalue weighted by atomic mass is 19.1. The molecule has 8 N–H and O–H groups in total. The van der Waals surface area contributed by atoms with Crippen LogP contribution in [0.3, 0.4) is 0 Å². The summed E-state index contributed by atoms with van der Waals surface area (Å²) >= 11 is 0. The Bertz CT molecular complexity index is 1410. The summed E-state index contributed by atoms with van der Waals surface area (Å²) in [6, 6.07) is -1.20. The van der Waals surface area contributed by atoms with Crippen LogP contribution in [0.1, 0.15) is 41.8 Å². The molecule has 4 rings (SSSR count). The number of amides is 1. The second kappa shape index (κ2) is 10.8. The molecule has 6 atom stereocenters. The highest BCUT2D eigenvalue weighted by Gasteiger charge is 2.67. The molecule has 1 aromatic carbocycles. The van der Waals surface area contributed by atoms with Crippen LogP contribution in [0.4, 0.5) is 10.1 Å². The minimum absolute atomic E-state index is 0.0185. The number of aromatic hydroxyl groups is 1. The summed E-state index contributed by atoms with van der Waals surface area (Å²) in [6.45, 7) is 3.28. The third-order valence-electron chi connectivity index (χ3n) is 8.73. The standard InChI is InChI=1S/C28H36FN5O8/c1-10(2)7-34(9-15(35)36)8-13-19(29)12-5-11-6-14-21(33(3)4)24(39)18(27(32)41)25(31)28(14,42)26(40)16(11)22(37)17(12)23(38)20(13)30/h10-11,14,16,18,21,31,38,42H,5-9,30H2,1-4H3,(H2,32,41)(H,35,36). The van der Waals surface area contributed by atoms with Crippen molar-refractivity contribution in [1.82, 2.24) is 9.80 Å². The fourth-order valence-corrected chi connectivity index (χ4v) is 7.10. The molecule has 1 amide bonds. The Morgan fingerprint density at radius 1 is 1.21 bits per heavy atom. The number of carbonyl (C=O) groups is 5. The largest absolute Gasteiger partial charge is 0.505 e. The molecule has 0 radical (unpaired) electrons. The number of halogens is 1. The summed E-state index contributed by atoms with van der Waals surface area (Å²) < 4.78 is 16.1. The predicted molar refractivity (Wildman–Crippen MR) is 146 cm³/mol. The minimum atomic E-state index is -2.68. The number of carbonyl (C=O) groups excluding carboxylic acids is 4. The van der Waals surface area contributed by atoms with Crippen LogP contribution in [0.15, 0.2) is 0 Å². The number of likely N-dealkylation sites (N-methyl/N-ethyl adjacent to an activating group) is 1. The maximum atomic E-state index is 16.1. The van der Waals surface area contributed by atoms with Gasteiger partial charge in [0.1, 0.15) is 17.5 Å². The van der Waals surface area contributed by atoms with Gasteiger partial charge in [-0.1, -0.05) is 13.8 Å². The highest BCUT2D eigenvalue weighted by Crippen LogP contribution is 2.52. The number of ketones is 3. The molecule has 1 aromatic rings. The Morgan fingerprint density at radius 2 is 1.83 bits per heavy atom. The Morgan fingerprint density at radius 3 is 2.36 bits per heavy atom. The van der Waals surface area contributed by atoms with E-state index in [0.717, 1.165) is 0 Å². The number of hydrogen-bond donors (Lipinski definition) is 6. The summed E-state index contributed by atoms with van der Waals surface area (Å²) in [5.74, 6) is -12.5. The fraction of sp³-hybridized carbons (Fsp3) is 0.571. The molecule has 42 heavy (non-hydrogen) atoms. The molecule has 13 nitrogen and oxygen atoms in total. The second-order valence-corrected chi connectivity index (χ2v) is 12.2. The van der Waals surface area contributed by atoms with Crippen molar-refractivity contribution in [2.45, 2.75) is 44.9 Å². The lowest BCUT2D eigenvalue weighted by molar-refractivity contribution is -0.157. The Balaban J connectivity index is 1.82. The number of nitrogen functional groups attached to an aromatic ring is 1. The number of aliphatic hydroxyl groups is 1. The van der Waals surface area contributed by atoms with Gasteiger partial charge in [0, 0.05) is 30.1 Å². The molecule has 0 spiro atoms. The van der Waals surface area contributed by atoms with E-state index >= 15 is 4.39 Å². The third kappa shape index (κ3) is 4.67. The van der Waals surface area contributed by atoms with Crippen LogP contribution in [0.25, 0.3) is 0 Å². The van der Waals surface area contributed by atoms with E-state index in [1.54, 1.807) is 0 Å². The first-order valence-electron chi connectivity index (χ1n) is 13.6. The maximum Gasteiger partial charge on any atom is 0.317 e. The van der Waals surface area contributed by atoms with E-state index in [4.69, 9.17) is 16.9 Å². The van der Waals surface area contributed by atoms with Crippen molar-refractivity contribution in [1.29, 1.82) is 5.41 Å². The maximum absolute atomic E-state index is 16.1. The van der Waals surface area contributed by atoms with Gasteiger partial charge in [-0.2, -0.15) is 0 Å². The number of aliphatic carboxylic acids is 1. The van der Waals surface area contributed by atoms with Gasteiger partial charge in [0.2, 0.25) is 5.91 Å². The summed E-state index contributed by atoms with van der Waals surface area (Å²) in [4.78, 5) is 67.4. The summed E-state index contributed by atoms with van der Waals surface area (Å²) in [5, 5.41) is 40.6. The molecule has 0 aliphatic heterocycles. The van der Waals surface area contributed by atoms with Crippen LogP contribution in [0, 0.1) is 40.8 Å². The number of rotatable bonds is 8. The van der Waals surface area contributed by atoms with Crippen LogP contribution in [-0.4, -0.2) is 98.9 Å². The van der Waals surface area contributed by atoms with Gasteiger partial charge in [0.05, 0.1) is 35.5 Å². The first kappa shape index (κ1) is 31.2. The lowest BCUT2D eigenvalue weighted by atomic mass is 9.52. The van der Waals surface area contributed by atoms with Crippen LogP contribution >= 0.6 is 0 Å². The quantitative estimate of drug-likeness (QED) is 0.130. The van der Waals surface area contributed by atoms with Gasteiger partial charge in [-0.3, -0.25) is 33.8 Å². The van der Waals surface area contributed by atoms with Crippen LogP contribution < -0.4 is 11.5 Å². The normalized spacial score (nSPS) is 29.1. The smallest absolute Gasteiger partial charge is 0.317 e. The minimum Gasteiger partial charge on any atom is -0.505 e. The molecule has 2 saturated carbocycles. The summed E-state index contributed by atoms with van der Waals surface area (Å²) in [5.41, 5.74) is 6.49. The molecule has 3 aliphatic carbocycles. The molecule has 228 valence electrons. The van der Waals surface area contributed by atoms with E-state index < -0.39 is 99.6 Å². The van der Waals surface area contributed by atoms with Crippen molar-refractivity contribution in [3.8, 4) is 5.75 Å². The third-order valence-corrected chi connectivity index (χ3v) is 8.73. The Labute approximate surface area is 241 Å². The second-order valence-electron chi connectivity index (χ2n) is 12.2. The molecule has 14 heteroatoms. The number of primary amides is 1. The fourth-order valence-electron chi connectivity index (χ4n) is 7.10. The number of nitrogens with one attached hydrogen (secondary N) is 1. The topological polar surface area (TPSA) is 228 Å².